The lowest BCUT2D eigenvalue weighted by Crippen LogP contribution is -2.48. The van der Waals surface area contributed by atoms with E-state index in [9.17, 15) is 9.90 Å². The molecule has 0 aromatic heterocycles. The van der Waals surface area contributed by atoms with Crippen molar-refractivity contribution in [3.05, 3.63) is 95.6 Å². The second-order valence-electron chi connectivity index (χ2n) is 8.70. The fraction of sp³-hybridized carbons (Fsp3) is 0.321. The largest absolute Gasteiger partial charge is 0.438 e. The van der Waals surface area contributed by atoms with E-state index in [2.05, 4.69) is 36.4 Å². The number of nitrogens with zero attached hydrogens (tertiary/aromatic N) is 1. The molecular weight excluding hydrogens is 412 g/mol. The highest BCUT2D eigenvalue weighted by molar-refractivity contribution is 5.70. The Balaban J connectivity index is 1.50. The Morgan fingerprint density at radius 1 is 1.03 bits per heavy atom. The molecular formula is C28H32N2O3. The van der Waals surface area contributed by atoms with E-state index in [1.165, 1.54) is 0 Å². The van der Waals surface area contributed by atoms with Crippen LogP contribution in [0.25, 0.3) is 11.1 Å². The molecule has 1 heterocycles. The van der Waals surface area contributed by atoms with E-state index in [1.807, 2.05) is 49.4 Å². The zero-order valence-electron chi connectivity index (χ0n) is 19.1. The Hall–Kier alpha value is -3.15. The molecule has 2 atom stereocenters. The van der Waals surface area contributed by atoms with Gasteiger partial charge in [0.25, 0.3) is 0 Å². The molecule has 3 aromatic rings. The van der Waals surface area contributed by atoms with E-state index in [-0.39, 0.29) is 18.7 Å². The van der Waals surface area contributed by atoms with Gasteiger partial charge in [0.05, 0.1) is 6.04 Å². The molecule has 1 saturated heterocycles. The van der Waals surface area contributed by atoms with Crippen LogP contribution in [0.2, 0.25) is 0 Å². The van der Waals surface area contributed by atoms with E-state index in [4.69, 9.17) is 10.5 Å². The number of cyclic esters (lactones) is 1. The molecule has 0 spiro atoms. The molecule has 0 bridgehead atoms. The van der Waals surface area contributed by atoms with Gasteiger partial charge < -0.3 is 20.5 Å². The zero-order chi connectivity index (χ0) is 23.3. The van der Waals surface area contributed by atoms with E-state index in [0.29, 0.717) is 32.4 Å². The lowest BCUT2D eigenvalue weighted by atomic mass is 9.84. The van der Waals surface area contributed by atoms with Crippen molar-refractivity contribution >= 4 is 6.09 Å². The lowest BCUT2D eigenvalue weighted by molar-refractivity contribution is -0.0680. The number of carbonyl (C=O) groups is 1. The van der Waals surface area contributed by atoms with Gasteiger partial charge in [-0.3, -0.25) is 0 Å². The van der Waals surface area contributed by atoms with Gasteiger partial charge in [0.15, 0.2) is 0 Å². The van der Waals surface area contributed by atoms with Crippen molar-refractivity contribution in [3.63, 3.8) is 0 Å². The van der Waals surface area contributed by atoms with Gasteiger partial charge in [-0.05, 0) is 53.6 Å². The zero-order valence-corrected chi connectivity index (χ0v) is 19.1. The number of rotatable bonds is 8. The molecule has 5 nitrogen and oxygen atoms in total. The monoisotopic (exact) mass is 444 g/mol. The third kappa shape index (κ3) is 4.95. The standard InChI is InChI=1S/C28H32N2O3/c1-21(23-11-13-24(14-12-23)25-8-5-7-22(19-25)20-29)30-17-16-28(15-6-18-31,33-27(30)32)26-9-3-2-4-10-26/h2-5,7-14,19,21,31H,6,15-18,20,29H2,1H3/t21-,28?/m0/s1. The summed E-state index contributed by atoms with van der Waals surface area (Å²) in [6, 6.07) is 26.3. The van der Waals surface area contributed by atoms with Crippen LogP contribution in [0.3, 0.4) is 0 Å². The Morgan fingerprint density at radius 2 is 1.79 bits per heavy atom. The molecule has 5 heteroatoms. The molecule has 1 aliphatic rings. The summed E-state index contributed by atoms with van der Waals surface area (Å²) >= 11 is 0. The average molecular weight is 445 g/mol. The van der Waals surface area contributed by atoms with E-state index in [0.717, 1.165) is 27.8 Å². The molecule has 0 saturated carbocycles. The minimum absolute atomic E-state index is 0.0762. The molecule has 33 heavy (non-hydrogen) atoms. The van der Waals surface area contributed by atoms with Gasteiger partial charge in [0, 0.05) is 26.1 Å². The summed E-state index contributed by atoms with van der Waals surface area (Å²) in [5.41, 5.74) is 10.5. The van der Waals surface area contributed by atoms with Gasteiger partial charge in [-0.2, -0.15) is 0 Å². The van der Waals surface area contributed by atoms with Crippen molar-refractivity contribution in [2.75, 3.05) is 13.2 Å². The number of ether oxygens (including phenoxy) is 1. The fourth-order valence-corrected chi connectivity index (χ4v) is 4.66. The quantitative estimate of drug-likeness (QED) is 0.489. The topological polar surface area (TPSA) is 75.8 Å². The van der Waals surface area contributed by atoms with Crippen LogP contribution in [0, 0.1) is 0 Å². The van der Waals surface area contributed by atoms with E-state index >= 15 is 0 Å². The van der Waals surface area contributed by atoms with Crippen LogP contribution in [-0.2, 0) is 16.9 Å². The number of nitrogens with two attached hydrogens (primary N) is 1. The van der Waals surface area contributed by atoms with Crippen LogP contribution in [0.1, 0.15) is 48.9 Å². The molecule has 0 aliphatic carbocycles. The molecule has 4 rings (SSSR count). The number of hydrogen-bond donors (Lipinski definition) is 2. The number of aliphatic hydroxyl groups excluding tert-OH is 1. The van der Waals surface area contributed by atoms with Crippen molar-refractivity contribution in [1.29, 1.82) is 0 Å². The molecule has 1 amide bonds. The normalized spacial score (nSPS) is 19.2. The van der Waals surface area contributed by atoms with Gasteiger partial charge in [-0.25, -0.2) is 4.79 Å². The molecule has 172 valence electrons. The smallest absolute Gasteiger partial charge is 0.411 e. The van der Waals surface area contributed by atoms with Crippen molar-refractivity contribution in [2.45, 2.75) is 44.4 Å². The number of aliphatic hydroxyl groups is 1. The Labute approximate surface area is 195 Å². The Bertz CT molecular complexity index is 1070. The van der Waals surface area contributed by atoms with Crippen LogP contribution in [0.15, 0.2) is 78.9 Å². The van der Waals surface area contributed by atoms with Crippen LogP contribution in [-0.4, -0.2) is 29.3 Å². The third-order valence-electron chi connectivity index (χ3n) is 6.67. The first kappa shape index (κ1) is 23.0. The average Bonchev–Trinajstić information content (AvgIpc) is 2.88. The maximum atomic E-state index is 13.1. The summed E-state index contributed by atoms with van der Waals surface area (Å²) in [7, 11) is 0. The molecule has 3 aromatic carbocycles. The fourth-order valence-electron chi connectivity index (χ4n) is 4.66. The first-order chi connectivity index (χ1) is 16.1. The first-order valence-electron chi connectivity index (χ1n) is 11.6. The second-order valence-corrected chi connectivity index (χ2v) is 8.70. The number of carbonyl (C=O) groups excluding carboxylic acids is 1. The minimum Gasteiger partial charge on any atom is -0.438 e. The highest BCUT2D eigenvalue weighted by atomic mass is 16.6. The van der Waals surface area contributed by atoms with Crippen molar-refractivity contribution in [3.8, 4) is 11.1 Å². The van der Waals surface area contributed by atoms with Gasteiger partial charge in [0.2, 0.25) is 0 Å². The van der Waals surface area contributed by atoms with Gasteiger partial charge in [0.1, 0.15) is 5.60 Å². The highest BCUT2D eigenvalue weighted by Crippen LogP contribution is 2.40. The highest BCUT2D eigenvalue weighted by Gasteiger charge is 2.43. The van der Waals surface area contributed by atoms with Crippen molar-refractivity contribution in [1.82, 2.24) is 4.90 Å². The molecule has 1 fully saturated rings. The van der Waals surface area contributed by atoms with Crippen LogP contribution in [0.5, 0.6) is 0 Å². The van der Waals surface area contributed by atoms with E-state index < -0.39 is 5.60 Å². The van der Waals surface area contributed by atoms with Gasteiger partial charge in [-0.15, -0.1) is 0 Å². The SMILES string of the molecule is C[C@@H](c1ccc(-c2cccc(CN)c2)cc1)N1CCC(CCCO)(c2ccccc2)OC1=O. The minimum atomic E-state index is -0.685. The Morgan fingerprint density at radius 3 is 2.45 bits per heavy atom. The molecule has 1 unspecified atom stereocenters. The molecule has 0 radical (unpaired) electrons. The second kappa shape index (κ2) is 10.2. The van der Waals surface area contributed by atoms with Crippen LogP contribution < -0.4 is 5.73 Å². The lowest BCUT2D eigenvalue weighted by Gasteiger charge is -2.43. The maximum Gasteiger partial charge on any atom is 0.411 e. The summed E-state index contributed by atoms with van der Waals surface area (Å²) < 4.78 is 6.10. The summed E-state index contributed by atoms with van der Waals surface area (Å²) in [6.07, 6.45) is 1.58. The summed E-state index contributed by atoms with van der Waals surface area (Å²) in [6.45, 7) is 3.23. The number of hydrogen-bond acceptors (Lipinski definition) is 4. The van der Waals surface area contributed by atoms with Crippen LogP contribution >= 0.6 is 0 Å². The van der Waals surface area contributed by atoms with Gasteiger partial charge >= 0.3 is 6.09 Å². The Kier molecular flexibility index (Phi) is 7.11. The van der Waals surface area contributed by atoms with Crippen LogP contribution in [0.4, 0.5) is 4.79 Å². The first-order valence-corrected chi connectivity index (χ1v) is 11.6. The predicted octanol–water partition coefficient (Wildman–Crippen LogP) is 5.38. The molecule has 3 N–H and O–H groups in total. The molecule has 1 aliphatic heterocycles. The summed E-state index contributed by atoms with van der Waals surface area (Å²) in [4.78, 5) is 14.9. The predicted molar refractivity (Wildman–Crippen MR) is 130 cm³/mol. The maximum absolute atomic E-state index is 13.1. The van der Waals surface area contributed by atoms with E-state index in [1.54, 1.807) is 4.90 Å². The van der Waals surface area contributed by atoms with Gasteiger partial charge in [-0.1, -0.05) is 72.8 Å². The third-order valence-corrected chi connectivity index (χ3v) is 6.67. The van der Waals surface area contributed by atoms with Crippen molar-refractivity contribution in [2.24, 2.45) is 5.73 Å². The number of amides is 1. The van der Waals surface area contributed by atoms with Crippen molar-refractivity contribution < 1.29 is 14.6 Å². The summed E-state index contributed by atoms with van der Waals surface area (Å²) in [5.74, 6) is 0. The summed E-state index contributed by atoms with van der Waals surface area (Å²) in [5, 5.41) is 9.39. The number of benzene rings is 3.